The summed E-state index contributed by atoms with van der Waals surface area (Å²) in [7, 11) is 0. The van der Waals surface area contributed by atoms with Crippen molar-refractivity contribution in [3.8, 4) is 0 Å². The van der Waals surface area contributed by atoms with Crippen LogP contribution in [0.15, 0.2) is 16.6 Å². The molecule has 1 aliphatic heterocycles. The van der Waals surface area contributed by atoms with Crippen LogP contribution >= 0.6 is 15.9 Å². The van der Waals surface area contributed by atoms with Gasteiger partial charge in [0.2, 0.25) is 0 Å². The molecule has 0 aliphatic carbocycles. The number of nitrogens with zero attached hydrogens (tertiary/aromatic N) is 1. The molecule has 0 saturated carbocycles. The summed E-state index contributed by atoms with van der Waals surface area (Å²) in [5, 5.41) is 3.70. The third-order valence-electron chi connectivity index (χ3n) is 3.73. The van der Waals surface area contributed by atoms with Gasteiger partial charge in [0.1, 0.15) is 0 Å². The highest BCUT2D eigenvalue weighted by molar-refractivity contribution is 9.10. The minimum absolute atomic E-state index is 0.574. The number of benzene rings is 1. The molecule has 1 heterocycles. The van der Waals surface area contributed by atoms with E-state index in [0.29, 0.717) is 12.1 Å². The zero-order valence-electron chi connectivity index (χ0n) is 11.8. The molecule has 0 spiro atoms. The molecule has 0 bridgehead atoms. The standard InChI is InChI=1S/C15H23BrN2/c1-10(2)18-6-5-13(9-18)17-15-12(4)7-11(3)8-14(15)16/h7-8,10,13,17H,5-6,9H2,1-4H3. The first-order valence-electron chi connectivity index (χ1n) is 6.74. The molecular formula is C15H23BrN2. The fraction of sp³-hybridized carbons (Fsp3) is 0.600. The maximum Gasteiger partial charge on any atom is 0.0517 e. The van der Waals surface area contributed by atoms with Gasteiger partial charge in [-0.05, 0) is 67.2 Å². The molecule has 1 N–H and O–H groups in total. The van der Waals surface area contributed by atoms with Gasteiger partial charge in [-0.2, -0.15) is 0 Å². The molecule has 18 heavy (non-hydrogen) atoms. The number of anilines is 1. The van der Waals surface area contributed by atoms with Gasteiger partial charge in [0, 0.05) is 29.6 Å². The van der Waals surface area contributed by atoms with E-state index in [-0.39, 0.29) is 0 Å². The van der Waals surface area contributed by atoms with Crippen LogP contribution in [0.3, 0.4) is 0 Å². The van der Waals surface area contributed by atoms with E-state index in [1.807, 2.05) is 0 Å². The molecule has 2 rings (SSSR count). The van der Waals surface area contributed by atoms with Gasteiger partial charge in [-0.3, -0.25) is 4.90 Å². The van der Waals surface area contributed by atoms with Gasteiger partial charge in [0.25, 0.3) is 0 Å². The molecule has 0 radical (unpaired) electrons. The molecule has 100 valence electrons. The summed E-state index contributed by atoms with van der Waals surface area (Å²) in [5.41, 5.74) is 3.89. The Hall–Kier alpha value is -0.540. The first kappa shape index (κ1) is 13.9. The third-order valence-corrected chi connectivity index (χ3v) is 4.36. The first-order valence-corrected chi connectivity index (χ1v) is 7.54. The zero-order chi connectivity index (χ0) is 13.3. The predicted molar refractivity (Wildman–Crippen MR) is 82.4 cm³/mol. The van der Waals surface area contributed by atoms with Gasteiger partial charge in [-0.1, -0.05) is 6.07 Å². The number of rotatable bonds is 3. The summed E-state index contributed by atoms with van der Waals surface area (Å²) in [6, 6.07) is 5.65. The van der Waals surface area contributed by atoms with E-state index in [0.717, 1.165) is 6.54 Å². The number of hydrogen-bond acceptors (Lipinski definition) is 2. The van der Waals surface area contributed by atoms with Gasteiger partial charge < -0.3 is 5.32 Å². The molecule has 0 aromatic heterocycles. The Morgan fingerprint density at radius 3 is 2.61 bits per heavy atom. The van der Waals surface area contributed by atoms with Gasteiger partial charge in [0.15, 0.2) is 0 Å². The van der Waals surface area contributed by atoms with E-state index in [1.54, 1.807) is 0 Å². The monoisotopic (exact) mass is 310 g/mol. The van der Waals surface area contributed by atoms with Crippen LogP contribution < -0.4 is 5.32 Å². The molecule has 1 saturated heterocycles. The lowest BCUT2D eigenvalue weighted by Gasteiger charge is -2.22. The van der Waals surface area contributed by atoms with Crippen molar-refractivity contribution in [3.05, 3.63) is 27.7 Å². The van der Waals surface area contributed by atoms with Crippen molar-refractivity contribution in [3.63, 3.8) is 0 Å². The fourth-order valence-electron chi connectivity index (χ4n) is 2.68. The first-order chi connectivity index (χ1) is 8.47. The Kier molecular flexibility index (Phi) is 4.33. The van der Waals surface area contributed by atoms with Gasteiger partial charge in [-0.15, -0.1) is 0 Å². The minimum Gasteiger partial charge on any atom is -0.380 e. The maximum absolute atomic E-state index is 3.70. The van der Waals surface area contributed by atoms with Crippen LogP contribution in [-0.4, -0.2) is 30.1 Å². The SMILES string of the molecule is Cc1cc(C)c(NC2CCN(C(C)C)C2)c(Br)c1. The van der Waals surface area contributed by atoms with Crippen molar-refractivity contribution < 1.29 is 0 Å². The Morgan fingerprint density at radius 1 is 1.33 bits per heavy atom. The Morgan fingerprint density at radius 2 is 2.06 bits per heavy atom. The highest BCUT2D eigenvalue weighted by Gasteiger charge is 2.24. The molecule has 1 atom stereocenters. The average Bonchev–Trinajstić information content (AvgIpc) is 2.71. The van der Waals surface area contributed by atoms with E-state index >= 15 is 0 Å². The molecule has 1 aromatic rings. The molecular weight excluding hydrogens is 288 g/mol. The molecule has 3 heteroatoms. The zero-order valence-corrected chi connectivity index (χ0v) is 13.3. The van der Waals surface area contributed by atoms with Crippen molar-refractivity contribution >= 4 is 21.6 Å². The summed E-state index contributed by atoms with van der Waals surface area (Å²) in [6.07, 6.45) is 1.23. The number of halogens is 1. The van der Waals surface area contributed by atoms with E-state index in [1.165, 1.54) is 34.3 Å². The van der Waals surface area contributed by atoms with Crippen molar-refractivity contribution in [2.75, 3.05) is 18.4 Å². The largest absolute Gasteiger partial charge is 0.380 e. The summed E-state index contributed by atoms with van der Waals surface area (Å²) in [4.78, 5) is 2.54. The van der Waals surface area contributed by atoms with Crippen molar-refractivity contribution in [1.29, 1.82) is 0 Å². The molecule has 1 aliphatic rings. The van der Waals surface area contributed by atoms with E-state index in [4.69, 9.17) is 0 Å². The van der Waals surface area contributed by atoms with Gasteiger partial charge >= 0.3 is 0 Å². The number of aryl methyl sites for hydroxylation is 2. The number of likely N-dealkylation sites (tertiary alicyclic amines) is 1. The smallest absolute Gasteiger partial charge is 0.0517 e. The highest BCUT2D eigenvalue weighted by Crippen LogP contribution is 2.29. The van der Waals surface area contributed by atoms with Crippen LogP contribution in [0.1, 0.15) is 31.4 Å². The van der Waals surface area contributed by atoms with Crippen molar-refractivity contribution in [1.82, 2.24) is 4.90 Å². The van der Waals surface area contributed by atoms with E-state index < -0.39 is 0 Å². The normalized spacial score (nSPS) is 20.7. The summed E-state index contributed by atoms with van der Waals surface area (Å²) in [5.74, 6) is 0. The molecule has 1 fully saturated rings. The lowest BCUT2D eigenvalue weighted by Crippen LogP contribution is -2.31. The van der Waals surface area contributed by atoms with Gasteiger partial charge in [0.05, 0.1) is 5.69 Å². The van der Waals surface area contributed by atoms with Crippen LogP contribution in [-0.2, 0) is 0 Å². The van der Waals surface area contributed by atoms with Crippen molar-refractivity contribution in [2.45, 2.75) is 46.2 Å². The second-order valence-corrected chi connectivity index (χ2v) is 6.51. The third kappa shape index (κ3) is 3.07. The number of hydrogen-bond donors (Lipinski definition) is 1. The second-order valence-electron chi connectivity index (χ2n) is 5.66. The Labute approximate surface area is 119 Å². The van der Waals surface area contributed by atoms with Crippen LogP contribution in [0.2, 0.25) is 0 Å². The highest BCUT2D eigenvalue weighted by atomic mass is 79.9. The van der Waals surface area contributed by atoms with Crippen LogP contribution in [0, 0.1) is 13.8 Å². The summed E-state index contributed by atoms with van der Waals surface area (Å²) >= 11 is 3.67. The topological polar surface area (TPSA) is 15.3 Å². The fourth-order valence-corrected chi connectivity index (χ4v) is 3.47. The minimum atomic E-state index is 0.574. The summed E-state index contributed by atoms with van der Waals surface area (Å²) < 4.78 is 1.18. The average molecular weight is 311 g/mol. The Balaban J connectivity index is 2.07. The van der Waals surface area contributed by atoms with Crippen molar-refractivity contribution in [2.24, 2.45) is 0 Å². The lowest BCUT2D eigenvalue weighted by molar-refractivity contribution is 0.274. The van der Waals surface area contributed by atoms with Crippen LogP contribution in [0.25, 0.3) is 0 Å². The molecule has 0 amide bonds. The second kappa shape index (κ2) is 5.62. The molecule has 1 unspecified atom stereocenters. The summed E-state index contributed by atoms with van der Waals surface area (Å²) in [6.45, 7) is 11.2. The van der Waals surface area contributed by atoms with E-state index in [2.05, 4.69) is 66.0 Å². The molecule has 1 aromatic carbocycles. The van der Waals surface area contributed by atoms with Crippen LogP contribution in [0.5, 0.6) is 0 Å². The van der Waals surface area contributed by atoms with E-state index in [9.17, 15) is 0 Å². The lowest BCUT2D eigenvalue weighted by atomic mass is 10.1. The number of nitrogens with one attached hydrogen (secondary N) is 1. The quantitative estimate of drug-likeness (QED) is 0.909. The maximum atomic E-state index is 3.70. The van der Waals surface area contributed by atoms with Crippen LogP contribution in [0.4, 0.5) is 5.69 Å². The predicted octanol–water partition coefficient (Wildman–Crippen LogP) is 3.96. The molecule has 2 nitrogen and oxygen atoms in total. The Bertz CT molecular complexity index is 405. The van der Waals surface area contributed by atoms with Gasteiger partial charge in [-0.25, -0.2) is 0 Å².